The van der Waals surface area contributed by atoms with Gasteiger partial charge in [0.1, 0.15) is 17.8 Å². The summed E-state index contributed by atoms with van der Waals surface area (Å²) in [5, 5.41) is 13.2. The molecule has 4 rings (SSSR count). The molecule has 1 aliphatic heterocycles. The van der Waals surface area contributed by atoms with Crippen molar-refractivity contribution in [3.05, 3.63) is 59.3 Å². The zero-order valence-electron chi connectivity index (χ0n) is 18.4. The van der Waals surface area contributed by atoms with E-state index in [1.54, 1.807) is 30.3 Å². The Bertz CT molecular complexity index is 1120. The lowest BCUT2D eigenvalue weighted by molar-refractivity contribution is -0.0769. The number of methoxy groups -OCH3 is 1. The van der Waals surface area contributed by atoms with Gasteiger partial charge in [0.05, 0.1) is 11.4 Å². The van der Waals surface area contributed by atoms with Crippen LogP contribution in [0.25, 0.3) is 11.1 Å². The van der Waals surface area contributed by atoms with Gasteiger partial charge >= 0.3 is 0 Å². The molecule has 1 unspecified atom stereocenters. The van der Waals surface area contributed by atoms with Crippen LogP contribution >= 0.6 is 11.6 Å². The Morgan fingerprint density at radius 3 is 2.52 bits per heavy atom. The van der Waals surface area contributed by atoms with Crippen molar-refractivity contribution in [2.24, 2.45) is 0 Å². The van der Waals surface area contributed by atoms with E-state index < -0.39 is 6.29 Å². The molecule has 8 nitrogen and oxygen atoms in total. The Balaban J connectivity index is 1.76. The largest absolute Gasteiger partial charge is 0.393 e. The topological polar surface area (TPSA) is 99.8 Å². The molecule has 1 fully saturated rings. The molecule has 0 aliphatic carbocycles. The van der Waals surface area contributed by atoms with E-state index in [0.717, 1.165) is 26.2 Å². The second-order valence-corrected chi connectivity index (χ2v) is 8.26. The van der Waals surface area contributed by atoms with E-state index in [4.69, 9.17) is 22.1 Å². The fraction of sp³-hybridized carbons (Fsp3) is 0.304. The van der Waals surface area contributed by atoms with Crippen molar-refractivity contribution in [3.8, 4) is 11.1 Å². The number of piperazine rings is 1. The van der Waals surface area contributed by atoms with Gasteiger partial charge in [-0.15, -0.1) is 0 Å². The molecular weight excluding hydrogens is 447 g/mol. The first-order valence-electron chi connectivity index (χ1n) is 10.5. The van der Waals surface area contributed by atoms with Crippen molar-refractivity contribution in [2.75, 3.05) is 56.3 Å². The van der Waals surface area contributed by atoms with E-state index in [9.17, 15) is 5.11 Å². The highest BCUT2D eigenvalue weighted by Crippen LogP contribution is 2.37. The summed E-state index contributed by atoms with van der Waals surface area (Å²) < 4.78 is 20.3. The average molecular weight is 473 g/mol. The molecule has 0 saturated carbocycles. The molecule has 1 aliphatic rings. The first kappa shape index (κ1) is 23.2. The molecule has 1 aromatic heterocycles. The summed E-state index contributed by atoms with van der Waals surface area (Å²) in [6.45, 7) is 3.25. The van der Waals surface area contributed by atoms with Crippen LogP contribution in [0, 0.1) is 5.82 Å². The highest BCUT2D eigenvalue weighted by molar-refractivity contribution is 6.32. The predicted octanol–water partition coefficient (Wildman–Crippen LogP) is 3.65. The minimum Gasteiger partial charge on any atom is -0.393 e. The number of anilines is 4. The molecule has 2 aromatic carbocycles. The van der Waals surface area contributed by atoms with E-state index in [-0.39, 0.29) is 16.7 Å². The van der Waals surface area contributed by atoms with E-state index in [0.29, 0.717) is 33.9 Å². The number of hydrogen-bond donors (Lipinski definition) is 3. The lowest BCUT2D eigenvalue weighted by Crippen LogP contribution is -2.44. The number of rotatable bonds is 6. The summed E-state index contributed by atoms with van der Waals surface area (Å²) in [5.74, 6) is -0.00953. The summed E-state index contributed by atoms with van der Waals surface area (Å²) in [5.41, 5.74) is 9.28. The Hall–Kier alpha value is -2.98. The molecule has 3 aromatic rings. The molecule has 2 heterocycles. The number of nitrogen functional groups attached to an aromatic ring is 1. The standard InChI is InChI=1S/C23H26ClFN6O2/c1-30-7-9-31(10-8-30)19-12-17(25)16(14-3-5-15(6-4-14)23(32)33-2)11-18(19)29-22-20(26)21(24)27-13-28-22/h3-6,11-13,23,32H,7-10,26H2,1-2H3,(H,27,28,29). The minimum atomic E-state index is -1.04. The number of ether oxygens (including phenoxy) is 1. The monoisotopic (exact) mass is 472 g/mol. The number of nitrogens with one attached hydrogen (secondary N) is 1. The van der Waals surface area contributed by atoms with Gasteiger partial charge < -0.3 is 30.7 Å². The van der Waals surface area contributed by atoms with Gasteiger partial charge in [-0.25, -0.2) is 14.4 Å². The molecule has 0 amide bonds. The maximum absolute atomic E-state index is 15.3. The first-order valence-corrected chi connectivity index (χ1v) is 10.9. The van der Waals surface area contributed by atoms with Gasteiger partial charge in [-0.2, -0.15) is 0 Å². The van der Waals surface area contributed by atoms with Gasteiger partial charge in [0.15, 0.2) is 17.3 Å². The number of nitrogens with zero attached hydrogens (tertiary/aromatic N) is 4. The molecule has 1 atom stereocenters. The second kappa shape index (κ2) is 9.88. The lowest BCUT2D eigenvalue weighted by Gasteiger charge is -2.35. The quantitative estimate of drug-likeness (QED) is 0.369. The lowest BCUT2D eigenvalue weighted by atomic mass is 10.0. The van der Waals surface area contributed by atoms with Gasteiger partial charge in [0, 0.05) is 44.4 Å². The van der Waals surface area contributed by atoms with Crippen LogP contribution in [0.15, 0.2) is 42.7 Å². The number of aliphatic hydroxyl groups is 1. The average Bonchev–Trinajstić information content (AvgIpc) is 2.83. The van der Waals surface area contributed by atoms with Crippen molar-refractivity contribution >= 4 is 34.5 Å². The van der Waals surface area contributed by atoms with Crippen molar-refractivity contribution in [1.29, 1.82) is 0 Å². The second-order valence-electron chi connectivity index (χ2n) is 7.90. The fourth-order valence-corrected chi connectivity index (χ4v) is 3.89. The molecule has 0 bridgehead atoms. The van der Waals surface area contributed by atoms with Crippen LogP contribution in [0.1, 0.15) is 11.9 Å². The van der Waals surface area contributed by atoms with Crippen LogP contribution in [0.3, 0.4) is 0 Å². The fourth-order valence-electron chi connectivity index (χ4n) is 3.76. The van der Waals surface area contributed by atoms with Gasteiger partial charge in [0.2, 0.25) is 0 Å². The van der Waals surface area contributed by atoms with Crippen molar-refractivity contribution in [3.63, 3.8) is 0 Å². The molecular formula is C23H26ClFN6O2. The number of hydrogen-bond acceptors (Lipinski definition) is 8. The van der Waals surface area contributed by atoms with Crippen LogP contribution < -0.4 is 16.0 Å². The number of halogens is 2. The van der Waals surface area contributed by atoms with Crippen LogP contribution in [-0.4, -0.2) is 60.3 Å². The van der Waals surface area contributed by atoms with Gasteiger partial charge in [-0.1, -0.05) is 35.9 Å². The Labute approximate surface area is 196 Å². The molecule has 0 radical (unpaired) electrons. The Kier molecular flexibility index (Phi) is 6.94. The summed E-state index contributed by atoms with van der Waals surface area (Å²) in [6, 6.07) is 10.1. The normalized spacial score (nSPS) is 15.5. The molecule has 1 saturated heterocycles. The van der Waals surface area contributed by atoms with Crippen molar-refractivity contribution in [1.82, 2.24) is 14.9 Å². The van der Waals surface area contributed by atoms with E-state index >= 15 is 4.39 Å². The summed E-state index contributed by atoms with van der Waals surface area (Å²) >= 11 is 6.07. The van der Waals surface area contributed by atoms with E-state index in [1.165, 1.54) is 19.5 Å². The smallest absolute Gasteiger partial charge is 0.180 e. The SMILES string of the molecule is COC(O)c1ccc(-c2cc(Nc3ncnc(Cl)c3N)c(N3CCN(C)CC3)cc2F)cc1. The maximum Gasteiger partial charge on any atom is 0.180 e. The van der Waals surface area contributed by atoms with Crippen LogP contribution in [0.2, 0.25) is 5.15 Å². The molecule has 33 heavy (non-hydrogen) atoms. The Morgan fingerprint density at radius 2 is 1.85 bits per heavy atom. The first-order chi connectivity index (χ1) is 15.9. The summed E-state index contributed by atoms with van der Waals surface area (Å²) in [7, 11) is 3.48. The van der Waals surface area contributed by atoms with Crippen molar-refractivity contribution < 1.29 is 14.2 Å². The Morgan fingerprint density at radius 1 is 1.15 bits per heavy atom. The van der Waals surface area contributed by atoms with Gasteiger partial charge in [-0.05, 0) is 24.7 Å². The molecule has 174 valence electrons. The summed E-state index contributed by atoms with van der Waals surface area (Å²) in [4.78, 5) is 12.5. The third-order valence-corrected chi connectivity index (χ3v) is 6.05. The van der Waals surface area contributed by atoms with Crippen LogP contribution in [0.5, 0.6) is 0 Å². The van der Waals surface area contributed by atoms with Gasteiger partial charge in [0.25, 0.3) is 0 Å². The third-order valence-electron chi connectivity index (χ3n) is 5.75. The molecule has 0 spiro atoms. The van der Waals surface area contributed by atoms with Crippen LogP contribution in [0.4, 0.5) is 27.3 Å². The zero-order valence-corrected chi connectivity index (χ0v) is 19.2. The number of nitrogens with two attached hydrogens (primary N) is 1. The number of aromatic nitrogens is 2. The zero-order chi connectivity index (χ0) is 23.5. The summed E-state index contributed by atoms with van der Waals surface area (Å²) in [6.07, 6.45) is 0.284. The molecule has 10 heteroatoms. The maximum atomic E-state index is 15.3. The third kappa shape index (κ3) is 5.01. The van der Waals surface area contributed by atoms with Crippen molar-refractivity contribution in [2.45, 2.75) is 6.29 Å². The highest BCUT2D eigenvalue weighted by Gasteiger charge is 2.21. The molecule has 4 N–H and O–H groups in total. The van der Waals surface area contributed by atoms with E-state index in [2.05, 4.69) is 32.1 Å². The number of aliphatic hydroxyl groups excluding tert-OH is 1. The highest BCUT2D eigenvalue weighted by atomic mass is 35.5. The minimum absolute atomic E-state index is 0.142. The van der Waals surface area contributed by atoms with Gasteiger partial charge in [-0.3, -0.25) is 0 Å². The number of likely N-dealkylation sites (N-methyl/N-ethyl adjacent to an activating group) is 1. The van der Waals surface area contributed by atoms with E-state index in [1.807, 2.05) is 0 Å². The van der Waals surface area contributed by atoms with Crippen LogP contribution in [-0.2, 0) is 4.74 Å². The number of benzene rings is 2. The predicted molar refractivity (Wildman–Crippen MR) is 128 cm³/mol.